The van der Waals surface area contributed by atoms with Gasteiger partial charge < -0.3 is 4.90 Å². The number of hydrogen-bond donors (Lipinski definition) is 0. The van der Waals surface area contributed by atoms with E-state index >= 15 is 0 Å². The van der Waals surface area contributed by atoms with Gasteiger partial charge in [0.25, 0.3) is 0 Å². The summed E-state index contributed by atoms with van der Waals surface area (Å²) in [5.41, 5.74) is 2.80. The van der Waals surface area contributed by atoms with Crippen LogP contribution in [0, 0.1) is 5.92 Å². The monoisotopic (exact) mass is 189 g/mol. The highest BCUT2D eigenvalue weighted by Gasteiger charge is 2.34. The largest absolute Gasteiger partial charge is 0.315 e. The molecule has 1 amide bonds. The summed E-state index contributed by atoms with van der Waals surface area (Å²) in [5, 5.41) is 0. The molecule has 2 heteroatoms. The molecule has 1 fully saturated rings. The van der Waals surface area contributed by atoms with E-state index in [0.717, 1.165) is 32.2 Å². The van der Waals surface area contributed by atoms with E-state index in [4.69, 9.17) is 0 Å². The van der Waals surface area contributed by atoms with Gasteiger partial charge in [-0.1, -0.05) is 12.2 Å². The van der Waals surface area contributed by atoms with E-state index in [-0.39, 0.29) is 0 Å². The van der Waals surface area contributed by atoms with Crippen LogP contribution in [0.25, 0.3) is 0 Å². The van der Waals surface area contributed by atoms with Crippen molar-refractivity contribution in [2.75, 3.05) is 6.54 Å². The second-order valence-corrected chi connectivity index (χ2v) is 4.43. The Labute approximate surface area is 84.3 Å². The van der Waals surface area contributed by atoms with Crippen LogP contribution in [0.2, 0.25) is 0 Å². The summed E-state index contributed by atoms with van der Waals surface area (Å²) in [6.45, 7) is 0.935. The highest BCUT2D eigenvalue weighted by molar-refractivity contribution is 5.79. The summed E-state index contributed by atoms with van der Waals surface area (Å²) in [6.07, 6.45) is 9.76. The van der Waals surface area contributed by atoms with Gasteiger partial charge in [-0.15, -0.1) is 0 Å². The molecule has 1 atom stereocenters. The lowest BCUT2D eigenvalue weighted by Crippen LogP contribution is -2.28. The van der Waals surface area contributed by atoms with Gasteiger partial charge in [0.1, 0.15) is 0 Å². The summed E-state index contributed by atoms with van der Waals surface area (Å²) in [5.74, 6) is 0.997. The van der Waals surface area contributed by atoms with Crippen LogP contribution in [0.15, 0.2) is 23.4 Å². The van der Waals surface area contributed by atoms with E-state index in [1.165, 1.54) is 17.7 Å². The Morgan fingerprint density at radius 2 is 2.29 bits per heavy atom. The molecule has 3 aliphatic rings. The summed E-state index contributed by atoms with van der Waals surface area (Å²) >= 11 is 0. The van der Waals surface area contributed by atoms with Crippen molar-refractivity contribution in [1.82, 2.24) is 4.90 Å². The molecular weight excluding hydrogens is 174 g/mol. The average molecular weight is 189 g/mol. The summed E-state index contributed by atoms with van der Waals surface area (Å²) < 4.78 is 0. The molecule has 0 radical (unpaired) electrons. The van der Waals surface area contributed by atoms with E-state index in [2.05, 4.69) is 17.1 Å². The molecule has 0 aromatic heterocycles. The van der Waals surface area contributed by atoms with E-state index in [1.807, 2.05) is 0 Å². The Morgan fingerprint density at radius 3 is 3.21 bits per heavy atom. The van der Waals surface area contributed by atoms with Crippen LogP contribution in [-0.2, 0) is 4.79 Å². The zero-order chi connectivity index (χ0) is 9.54. The smallest absolute Gasteiger partial charge is 0.226 e. The Kier molecular flexibility index (Phi) is 1.76. The van der Waals surface area contributed by atoms with Crippen molar-refractivity contribution < 1.29 is 4.79 Å². The van der Waals surface area contributed by atoms with Crippen LogP contribution >= 0.6 is 0 Å². The minimum Gasteiger partial charge on any atom is -0.315 e. The van der Waals surface area contributed by atoms with Crippen molar-refractivity contribution >= 4 is 5.91 Å². The molecule has 0 aromatic rings. The van der Waals surface area contributed by atoms with Crippen LogP contribution < -0.4 is 0 Å². The van der Waals surface area contributed by atoms with Gasteiger partial charge in [-0.05, 0) is 31.3 Å². The number of hydrogen-bond acceptors (Lipinski definition) is 1. The fourth-order valence-corrected chi connectivity index (χ4v) is 2.94. The molecule has 0 saturated carbocycles. The third-order valence-corrected chi connectivity index (χ3v) is 3.60. The van der Waals surface area contributed by atoms with Gasteiger partial charge in [0.15, 0.2) is 0 Å². The molecule has 0 N–H and O–H groups in total. The normalized spacial score (nSPS) is 30.7. The maximum absolute atomic E-state index is 11.8. The molecular formula is C12H15NO. The quantitative estimate of drug-likeness (QED) is 0.572. The first-order valence-corrected chi connectivity index (χ1v) is 5.56. The van der Waals surface area contributed by atoms with Crippen LogP contribution in [0.1, 0.15) is 32.1 Å². The van der Waals surface area contributed by atoms with E-state index in [0.29, 0.717) is 11.8 Å². The lowest BCUT2D eigenvalue weighted by Gasteiger charge is -2.25. The molecule has 1 saturated heterocycles. The number of amides is 1. The Balaban J connectivity index is 2.05. The molecule has 2 nitrogen and oxygen atoms in total. The van der Waals surface area contributed by atoms with Gasteiger partial charge in [-0.25, -0.2) is 0 Å². The van der Waals surface area contributed by atoms with Crippen molar-refractivity contribution in [2.45, 2.75) is 32.1 Å². The maximum Gasteiger partial charge on any atom is 0.226 e. The zero-order valence-electron chi connectivity index (χ0n) is 8.33. The van der Waals surface area contributed by atoms with Crippen molar-refractivity contribution in [3.63, 3.8) is 0 Å². The number of rotatable bonds is 0. The molecule has 0 spiro atoms. The Morgan fingerprint density at radius 1 is 1.36 bits per heavy atom. The number of nitrogens with zero attached hydrogens (tertiary/aromatic N) is 1. The number of carbonyl (C=O) groups is 1. The fraction of sp³-hybridized carbons (Fsp3) is 0.583. The highest BCUT2D eigenvalue weighted by Crippen LogP contribution is 2.39. The first-order chi connectivity index (χ1) is 6.86. The predicted octanol–water partition coefficient (Wildman–Crippen LogP) is 2.23. The topological polar surface area (TPSA) is 20.3 Å². The van der Waals surface area contributed by atoms with Crippen LogP contribution in [0.5, 0.6) is 0 Å². The standard InChI is InChI=1S/C12H15NO/c14-11-6-2-5-9-3-1-4-10-7-8-13(11)12(9)10/h1,4,9H,2-3,5-8H2. The lowest BCUT2D eigenvalue weighted by atomic mass is 9.89. The van der Waals surface area contributed by atoms with Gasteiger partial charge >= 0.3 is 0 Å². The van der Waals surface area contributed by atoms with E-state index in [9.17, 15) is 4.79 Å². The molecule has 1 aliphatic carbocycles. The zero-order valence-corrected chi connectivity index (χ0v) is 8.33. The molecule has 1 unspecified atom stereocenters. The number of carbonyl (C=O) groups excluding carboxylic acids is 1. The van der Waals surface area contributed by atoms with Crippen molar-refractivity contribution in [3.05, 3.63) is 23.4 Å². The van der Waals surface area contributed by atoms with Crippen LogP contribution in [0.3, 0.4) is 0 Å². The predicted molar refractivity (Wildman–Crippen MR) is 54.5 cm³/mol. The van der Waals surface area contributed by atoms with Gasteiger partial charge in [0.05, 0.1) is 0 Å². The van der Waals surface area contributed by atoms with Crippen molar-refractivity contribution in [1.29, 1.82) is 0 Å². The number of allylic oxidation sites excluding steroid dienone is 3. The Hall–Kier alpha value is -1.05. The summed E-state index contributed by atoms with van der Waals surface area (Å²) in [7, 11) is 0. The first kappa shape index (κ1) is 8.27. The van der Waals surface area contributed by atoms with Gasteiger partial charge in [-0.3, -0.25) is 4.79 Å². The van der Waals surface area contributed by atoms with E-state index in [1.54, 1.807) is 0 Å². The second kappa shape index (κ2) is 2.97. The van der Waals surface area contributed by atoms with Crippen molar-refractivity contribution in [2.24, 2.45) is 5.92 Å². The molecule has 0 bridgehead atoms. The molecule has 3 rings (SSSR count). The summed E-state index contributed by atoms with van der Waals surface area (Å²) in [4.78, 5) is 13.8. The molecule has 0 aromatic carbocycles. The van der Waals surface area contributed by atoms with Gasteiger partial charge in [-0.2, -0.15) is 0 Å². The third-order valence-electron chi connectivity index (χ3n) is 3.60. The van der Waals surface area contributed by atoms with Crippen LogP contribution in [-0.4, -0.2) is 17.4 Å². The molecule has 14 heavy (non-hydrogen) atoms. The van der Waals surface area contributed by atoms with Crippen molar-refractivity contribution in [3.8, 4) is 0 Å². The van der Waals surface area contributed by atoms with E-state index < -0.39 is 0 Å². The third kappa shape index (κ3) is 1.06. The second-order valence-electron chi connectivity index (χ2n) is 4.43. The molecule has 2 heterocycles. The Bertz CT molecular complexity index is 340. The van der Waals surface area contributed by atoms with Crippen LogP contribution in [0.4, 0.5) is 0 Å². The highest BCUT2D eigenvalue weighted by atomic mass is 16.2. The minimum absolute atomic E-state index is 0.354. The first-order valence-electron chi connectivity index (χ1n) is 5.56. The van der Waals surface area contributed by atoms with Gasteiger partial charge in [0.2, 0.25) is 5.91 Å². The maximum atomic E-state index is 11.8. The fourth-order valence-electron chi connectivity index (χ4n) is 2.94. The average Bonchev–Trinajstić information content (AvgIpc) is 2.54. The summed E-state index contributed by atoms with van der Waals surface area (Å²) in [6, 6.07) is 0. The molecule has 2 aliphatic heterocycles. The van der Waals surface area contributed by atoms with Gasteiger partial charge in [0, 0.05) is 24.6 Å². The minimum atomic E-state index is 0.354. The SMILES string of the molecule is O=C1CCCC2CC=CC3=C2N1CC3. The lowest BCUT2D eigenvalue weighted by molar-refractivity contribution is -0.128. The molecule has 74 valence electrons.